The van der Waals surface area contributed by atoms with Gasteiger partial charge in [-0.05, 0) is 48.9 Å². The van der Waals surface area contributed by atoms with Crippen LogP contribution in [0.3, 0.4) is 0 Å². The number of nitrogens with one attached hydrogen (secondary N) is 1. The highest BCUT2D eigenvalue weighted by molar-refractivity contribution is 8.93. The van der Waals surface area contributed by atoms with Crippen LogP contribution in [0, 0.1) is 18.7 Å². The maximum atomic E-state index is 13.6. The number of aliphatic hydroxyl groups is 1. The number of hydrogen-bond acceptors (Lipinski definition) is 5. The summed E-state index contributed by atoms with van der Waals surface area (Å²) in [6, 6.07) is 16.9. The molecular formula is C24H23BrFN5O2. The molecule has 170 valence electrons. The summed E-state index contributed by atoms with van der Waals surface area (Å²) in [7, 11) is 0. The van der Waals surface area contributed by atoms with Crippen LogP contribution in [-0.2, 0) is 6.54 Å². The first-order valence-electron chi connectivity index (χ1n) is 10.4. The number of halogens is 2. The Morgan fingerprint density at radius 2 is 1.85 bits per heavy atom. The Morgan fingerprint density at radius 3 is 2.58 bits per heavy atom. The van der Waals surface area contributed by atoms with Crippen molar-refractivity contribution in [3.8, 4) is 28.2 Å². The number of aromatic nitrogens is 4. The van der Waals surface area contributed by atoms with Crippen LogP contribution >= 0.6 is 17.0 Å². The minimum absolute atomic E-state index is 0. The van der Waals surface area contributed by atoms with Crippen molar-refractivity contribution in [3.05, 3.63) is 82.4 Å². The van der Waals surface area contributed by atoms with E-state index in [1.165, 1.54) is 22.9 Å². The van der Waals surface area contributed by atoms with Gasteiger partial charge in [0.25, 0.3) is 5.56 Å². The quantitative estimate of drug-likeness (QED) is 0.435. The first-order chi connectivity index (χ1) is 15.5. The molecule has 0 spiro atoms. The van der Waals surface area contributed by atoms with Crippen molar-refractivity contribution in [3.63, 3.8) is 0 Å². The zero-order valence-corrected chi connectivity index (χ0v) is 19.6. The van der Waals surface area contributed by atoms with Gasteiger partial charge in [-0.25, -0.2) is 9.07 Å². The van der Waals surface area contributed by atoms with Crippen LogP contribution in [0.25, 0.3) is 28.2 Å². The van der Waals surface area contributed by atoms with Crippen LogP contribution < -0.4 is 10.9 Å². The average Bonchev–Trinajstić information content (AvgIpc) is 3.19. The molecule has 2 aromatic heterocycles. The van der Waals surface area contributed by atoms with E-state index in [0.717, 1.165) is 22.5 Å². The van der Waals surface area contributed by atoms with Crippen LogP contribution in [0.5, 0.6) is 0 Å². The van der Waals surface area contributed by atoms with Gasteiger partial charge in [-0.2, -0.15) is 14.9 Å². The van der Waals surface area contributed by atoms with E-state index in [1.54, 1.807) is 18.2 Å². The Hall–Kier alpha value is -3.30. The molecule has 7 nitrogen and oxygen atoms in total. The van der Waals surface area contributed by atoms with Gasteiger partial charge >= 0.3 is 0 Å². The van der Waals surface area contributed by atoms with Gasteiger partial charge in [-0.1, -0.05) is 18.2 Å². The number of aryl methyl sites for hydroxylation is 1. The molecule has 0 aliphatic carbocycles. The molecule has 1 aliphatic heterocycles. The standard InChI is InChI=1S/C24H22FN5O2.BrH/c1-15-4-2-3-5-20(15)30-21(32)11-10-19(27-30)22-23(17-6-8-18(25)9-7-17)28-29-13-16(14-31)12-26-24(22)29;/h2-11,16,26,31H,12-14H2,1H3;1H/t16-;/m1./s1. The van der Waals surface area contributed by atoms with Gasteiger partial charge in [-0.15, -0.1) is 17.0 Å². The molecule has 0 saturated heterocycles. The smallest absolute Gasteiger partial charge is 0.271 e. The average molecular weight is 512 g/mol. The van der Waals surface area contributed by atoms with E-state index in [1.807, 2.05) is 35.9 Å². The first-order valence-corrected chi connectivity index (χ1v) is 10.4. The van der Waals surface area contributed by atoms with Crippen molar-refractivity contribution in [2.24, 2.45) is 5.92 Å². The summed E-state index contributed by atoms with van der Waals surface area (Å²) in [6.07, 6.45) is 0. The number of aliphatic hydroxyl groups excluding tert-OH is 1. The predicted molar refractivity (Wildman–Crippen MR) is 131 cm³/mol. The summed E-state index contributed by atoms with van der Waals surface area (Å²) < 4.78 is 16.8. The third kappa shape index (κ3) is 4.21. The normalized spacial score (nSPS) is 14.8. The van der Waals surface area contributed by atoms with Gasteiger partial charge in [0.1, 0.15) is 17.3 Å². The molecule has 9 heteroatoms. The Balaban J connectivity index is 0.00000259. The lowest BCUT2D eigenvalue weighted by atomic mass is 10.0. The number of rotatable bonds is 4. The van der Waals surface area contributed by atoms with Crippen LogP contribution in [0.1, 0.15) is 5.56 Å². The molecule has 0 unspecified atom stereocenters. The molecule has 5 rings (SSSR count). The molecule has 4 aromatic rings. The number of nitrogens with zero attached hydrogens (tertiary/aromatic N) is 4. The fourth-order valence-corrected chi connectivity index (χ4v) is 4.02. The Kier molecular flexibility index (Phi) is 6.44. The van der Waals surface area contributed by atoms with Gasteiger partial charge < -0.3 is 10.4 Å². The summed E-state index contributed by atoms with van der Waals surface area (Å²) in [5.41, 5.74) is 4.07. The summed E-state index contributed by atoms with van der Waals surface area (Å²) >= 11 is 0. The fourth-order valence-electron chi connectivity index (χ4n) is 4.02. The van der Waals surface area contributed by atoms with Crippen molar-refractivity contribution < 1.29 is 9.50 Å². The van der Waals surface area contributed by atoms with Gasteiger partial charge in [0.15, 0.2) is 0 Å². The van der Waals surface area contributed by atoms with E-state index in [9.17, 15) is 14.3 Å². The van der Waals surface area contributed by atoms with Gasteiger partial charge in [0.05, 0.1) is 16.9 Å². The molecule has 2 N–H and O–H groups in total. The lowest BCUT2D eigenvalue weighted by Gasteiger charge is -2.24. The molecule has 33 heavy (non-hydrogen) atoms. The first kappa shape index (κ1) is 22.9. The molecule has 0 amide bonds. The van der Waals surface area contributed by atoms with E-state index in [-0.39, 0.29) is 40.9 Å². The van der Waals surface area contributed by atoms with Crippen molar-refractivity contribution in [2.75, 3.05) is 18.5 Å². The van der Waals surface area contributed by atoms with Gasteiger partial charge in [0.2, 0.25) is 0 Å². The number of fused-ring (bicyclic) bond motifs is 1. The summed E-state index contributed by atoms with van der Waals surface area (Å²) in [5, 5.41) is 22.4. The second-order valence-corrected chi connectivity index (χ2v) is 7.95. The second kappa shape index (κ2) is 9.29. The molecule has 0 fully saturated rings. The molecular weight excluding hydrogens is 489 g/mol. The van der Waals surface area contributed by atoms with Gasteiger partial charge in [0, 0.05) is 37.2 Å². The third-order valence-corrected chi connectivity index (χ3v) is 5.72. The molecule has 0 radical (unpaired) electrons. The van der Waals surface area contributed by atoms with E-state index < -0.39 is 0 Å². The molecule has 0 saturated carbocycles. The third-order valence-electron chi connectivity index (χ3n) is 5.72. The highest BCUT2D eigenvalue weighted by Gasteiger charge is 2.27. The highest BCUT2D eigenvalue weighted by atomic mass is 79.9. The predicted octanol–water partition coefficient (Wildman–Crippen LogP) is 3.82. The summed E-state index contributed by atoms with van der Waals surface area (Å²) in [4.78, 5) is 12.7. The van der Waals surface area contributed by atoms with E-state index >= 15 is 0 Å². The van der Waals surface area contributed by atoms with E-state index in [0.29, 0.717) is 30.2 Å². The van der Waals surface area contributed by atoms with Gasteiger partial charge in [-0.3, -0.25) is 4.79 Å². The molecule has 1 atom stereocenters. The second-order valence-electron chi connectivity index (χ2n) is 7.95. The van der Waals surface area contributed by atoms with Crippen LogP contribution in [-0.4, -0.2) is 37.8 Å². The monoisotopic (exact) mass is 511 g/mol. The Labute approximate surface area is 200 Å². The zero-order chi connectivity index (χ0) is 22.2. The minimum atomic E-state index is -0.330. The van der Waals surface area contributed by atoms with E-state index in [4.69, 9.17) is 5.10 Å². The topological polar surface area (TPSA) is 85.0 Å². The van der Waals surface area contributed by atoms with Crippen LogP contribution in [0.15, 0.2) is 65.5 Å². The lowest BCUT2D eigenvalue weighted by Crippen LogP contribution is -2.30. The highest BCUT2D eigenvalue weighted by Crippen LogP contribution is 2.38. The number of benzene rings is 2. The van der Waals surface area contributed by atoms with Crippen molar-refractivity contribution in [2.45, 2.75) is 13.5 Å². The lowest BCUT2D eigenvalue weighted by molar-refractivity contribution is 0.209. The Bertz CT molecular complexity index is 1350. The van der Waals surface area contributed by atoms with Crippen LogP contribution in [0.4, 0.5) is 10.2 Å². The fraction of sp³-hybridized carbons (Fsp3) is 0.208. The molecule has 0 bridgehead atoms. The number of para-hydroxylation sites is 1. The number of anilines is 1. The minimum Gasteiger partial charge on any atom is -0.396 e. The SMILES string of the molecule is Br.Cc1ccccc1-n1nc(-c2c(-c3ccc(F)cc3)nn3c2NC[C@@H](CO)C3)ccc1=O. The summed E-state index contributed by atoms with van der Waals surface area (Å²) in [5.74, 6) is 0.464. The Morgan fingerprint density at radius 1 is 1.09 bits per heavy atom. The van der Waals surface area contributed by atoms with Crippen molar-refractivity contribution >= 4 is 22.8 Å². The summed E-state index contributed by atoms with van der Waals surface area (Å²) in [6.45, 7) is 3.11. The molecule has 3 heterocycles. The maximum absolute atomic E-state index is 13.6. The largest absolute Gasteiger partial charge is 0.396 e. The number of hydrogen-bond donors (Lipinski definition) is 2. The maximum Gasteiger partial charge on any atom is 0.271 e. The van der Waals surface area contributed by atoms with Crippen molar-refractivity contribution in [1.29, 1.82) is 0 Å². The molecule has 1 aliphatic rings. The van der Waals surface area contributed by atoms with Crippen LogP contribution in [0.2, 0.25) is 0 Å². The molecule has 2 aromatic carbocycles. The zero-order valence-electron chi connectivity index (χ0n) is 17.9. The van der Waals surface area contributed by atoms with Crippen molar-refractivity contribution in [1.82, 2.24) is 19.6 Å². The van der Waals surface area contributed by atoms with E-state index in [2.05, 4.69) is 10.4 Å².